The van der Waals surface area contributed by atoms with Gasteiger partial charge >= 0.3 is 5.69 Å². The van der Waals surface area contributed by atoms with Gasteiger partial charge in [-0.2, -0.15) is 4.98 Å². The van der Waals surface area contributed by atoms with Crippen LogP contribution in [0.4, 0.5) is 11.5 Å². The molecule has 0 amide bonds. The number of nitrogens with zero attached hydrogens (tertiary/aromatic N) is 4. The van der Waals surface area contributed by atoms with Crippen molar-refractivity contribution in [3.63, 3.8) is 0 Å². The quantitative estimate of drug-likeness (QED) is 0.422. The number of hydrogen-bond acceptors (Lipinski definition) is 7. The first-order valence-corrected chi connectivity index (χ1v) is 7.00. The molecule has 8 heteroatoms. The summed E-state index contributed by atoms with van der Waals surface area (Å²) in [6, 6.07) is 0. The molecule has 1 N–H and O–H groups in total. The average Bonchev–Trinajstić information content (AvgIpc) is 2.37. The molecule has 8 nitrogen and oxygen atoms in total. The Bertz CT molecular complexity index is 479. The average molecular weight is 297 g/mol. The predicted octanol–water partition coefficient (Wildman–Crippen LogP) is 1.85. The molecule has 0 saturated carbocycles. The second-order valence-electron chi connectivity index (χ2n) is 4.96. The van der Waals surface area contributed by atoms with Crippen LogP contribution in [0.25, 0.3) is 0 Å². The molecule has 0 fully saturated rings. The Hall–Kier alpha value is -1.96. The fraction of sp³-hybridized carbons (Fsp3) is 0.692. The summed E-state index contributed by atoms with van der Waals surface area (Å²) in [4.78, 5) is 20.9. The molecule has 0 aliphatic carbocycles. The summed E-state index contributed by atoms with van der Waals surface area (Å²) in [5, 5.41) is 14.3. The summed E-state index contributed by atoms with van der Waals surface area (Å²) in [7, 11) is 3.86. The molecule has 1 aromatic rings. The summed E-state index contributed by atoms with van der Waals surface area (Å²) in [6.07, 6.45) is 1.77. The van der Waals surface area contributed by atoms with Gasteiger partial charge in [0.05, 0.1) is 11.5 Å². The molecule has 118 valence electrons. The Morgan fingerprint density at radius 2 is 2.10 bits per heavy atom. The number of ether oxygens (including phenoxy) is 1. The summed E-state index contributed by atoms with van der Waals surface area (Å²) >= 11 is 0. The van der Waals surface area contributed by atoms with Crippen LogP contribution in [-0.2, 0) is 0 Å². The monoisotopic (exact) mass is 297 g/mol. The van der Waals surface area contributed by atoms with Gasteiger partial charge in [0.15, 0.2) is 0 Å². The van der Waals surface area contributed by atoms with Crippen LogP contribution in [-0.4, -0.2) is 53.6 Å². The minimum Gasteiger partial charge on any atom is -0.473 e. The van der Waals surface area contributed by atoms with Crippen LogP contribution >= 0.6 is 0 Å². The van der Waals surface area contributed by atoms with Gasteiger partial charge in [0, 0.05) is 13.1 Å². The summed E-state index contributed by atoms with van der Waals surface area (Å²) in [5.74, 6) is 0.689. The minimum atomic E-state index is -0.501. The van der Waals surface area contributed by atoms with Crippen molar-refractivity contribution in [2.24, 2.45) is 0 Å². The second kappa shape index (κ2) is 8.35. The highest BCUT2D eigenvalue weighted by molar-refractivity contribution is 5.61. The van der Waals surface area contributed by atoms with Crippen molar-refractivity contribution in [3.8, 4) is 5.88 Å². The predicted molar refractivity (Wildman–Crippen MR) is 80.9 cm³/mol. The van der Waals surface area contributed by atoms with Crippen molar-refractivity contribution in [1.29, 1.82) is 0 Å². The Morgan fingerprint density at radius 1 is 1.38 bits per heavy atom. The molecule has 0 atom stereocenters. The van der Waals surface area contributed by atoms with Gasteiger partial charge in [-0.15, -0.1) is 0 Å². The van der Waals surface area contributed by atoms with Crippen molar-refractivity contribution < 1.29 is 9.66 Å². The highest BCUT2D eigenvalue weighted by Gasteiger charge is 2.25. The number of nitro groups is 1. The first-order chi connectivity index (χ1) is 9.95. The third-order valence-electron chi connectivity index (χ3n) is 2.73. The van der Waals surface area contributed by atoms with E-state index >= 15 is 0 Å². The zero-order valence-corrected chi connectivity index (χ0v) is 13.0. The molecule has 0 bridgehead atoms. The highest BCUT2D eigenvalue weighted by Crippen LogP contribution is 2.31. The SMILES string of the molecule is CCCCOc1nc(C)nc(NCCN(C)C)c1[N+](=O)[O-]. The van der Waals surface area contributed by atoms with Gasteiger partial charge in [-0.3, -0.25) is 10.1 Å². The van der Waals surface area contributed by atoms with Crippen LogP contribution in [0.1, 0.15) is 25.6 Å². The van der Waals surface area contributed by atoms with Crippen molar-refractivity contribution in [2.45, 2.75) is 26.7 Å². The smallest absolute Gasteiger partial charge is 0.372 e. The van der Waals surface area contributed by atoms with Crippen molar-refractivity contribution in [1.82, 2.24) is 14.9 Å². The number of rotatable bonds is 9. The van der Waals surface area contributed by atoms with Crippen molar-refractivity contribution in [2.75, 3.05) is 39.1 Å². The van der Waals surface area contributed by atoms with Crippen molar-refractivity contribution in [3.05, 3.63) is 15.9 Å². The van der Waals surface area contributed by atoms with E-state index in [1.54, 1.807) is 6.92 Å². The zero-order valence-electron chi connectivity index (χ0n) is 13.0. The maximum absolute atomic E-state index is 11.3. The fourth-order valence-corrected chi connectivity index (χ4v) is 1.64. The summed E-state index contributed by atoms with van der Waals surface area (Å²) < 4.78 is 5.44. The topological polar surface area (TPSA) is 93.4 Å². The molecule has 0 aromatic carbocycles. The van der Waals surface area contributed by atoms with E-state index in [9.17, 15) is 10.1 Å². The molecule has 0 aliphatic heterocycles. The van der Waals surface area contributed by atoms with Gasteiger partial charge in [-0.05, 0) is 27.4 Å². The van der Waals surface area contributed by atoms with E-state index in [1.165, 1.54) is 0 Å². The molecule has 0 spiro atoms. The number of unbranched alkanes of at least 4 members (excludes halogenated alkanes) is 1. The second-order valence-corrected chi connectivity index (χ2v) is 4.96. The lowest BCUT2D eigenvalue weighted by Crippen LogP contribution is -2.22. The lowest BCUT2D eigenvalue weighted by Gasteiger charge is -2.12. The molecule has 0 radical (unpaired) electrons. The van der Waals surface area contributed by atoms with Crippen LogP contribution in [0.15, 0.2) is 0 Å². The minimum absolute atomic E-state index is 0.0355. The fourth-order valence-electron chi connectivity index (χ4n) is 1.64. The van der Waals surface area contributed by atoms with Gasteiger partial charge in [0.25, 0.3) is 5.88 Å². The maximum atomic E-state index is 11.3. The molecule has 0 aliphatic rings. The number of aromatic nitrogens is 2. The van der Waals surface area contributed by atoms with E-state index in [4.69, 9.17) is 4.74 Å². The normalized spacial score (nSPS) is 10.7. The van der Waals surface area contributed by atoms with Gasteiger partial charge in [-0.1, -0.05) is 13.3 Å². The van der Waals surface area contributed by atoms with Crippen LogP contribution in [0.5, 0.6) is 5.88 Å². The first-order valence-electron chi connectivity index (χ1n) is 7.00. The van der Waals surface area contributed by atoms with E-state index in [-0.39, 0.29) is 17.4 Å². The summed E-state index contributed by atoms with van der Waals surface area (Å²) in [6.45, 7) is 5.42. The van der Waals surface area contributed by atoms with E-state index in [0.717, 1.165) is 19.4 Å². The Morgan fingerprint density at radius 3 is 2.67 bits per heavy atom. The van der Waals surface area contributed by atoms with Crippen molar-refractivity contribution >= 4 is 11.5 Å². The highest BCUT2D eigenvalue weighted by atomic mass is 16.6. The Balaban J connectivity index is 2.96. The van der Waals surface area contributed by atoms with Crippen LogP contribution in [0.3, 0.4) is 0 Å². The van der Waals surface area contributed by atoms with E-state index < -0.39 is 4.92 Å². The number of anilines is 1. The van der Waals surface area contributed by atoms with E-state index in [1.807, 2.05) is 25.9 Å². The van der Waals surface area contributed by atoms with Gasteiger partial charge in [0.2, 0.25) is 5.82 Å². The molecular formula is C13H23N5O3. The van der Waals surface area contributed by atoms with Crippen LogP contribution in [0, 0.1) is 17.0 Å². The number of hydrogen-bond donors (Lipinski definition) is 1. The lowest BCUT2D eigenvalue weighted by molar-refractivity contribution is -0.385. The number of likely N-dealkylation sites (N-methyl/N-ethyl adjacent to an activating group) is 1. The Labute approximate surface area is 124 Å². The van der Waals surface area contributed by atoms with E-state index in [2.05, 4.69) is 15.3 Å². The van der Waals surface area contributed by atoms with Gasteiger partial charge in [0.1, 0.15) is 5.82 Å². The standard InChI is InChI=1S/C13H23N5O3/c1-5-6-9-21-13-11(18(19)20)12(15-10(2)16-13)14-7-8-17(3)4/h5-9H2,1-4H3,(H,14,15,16). The number of aryl methyl sites for hydroxylation is 1. The van der Waals surface area contributed by atoms with Gasteiger partial charge in [-0.25, -0.2) is 4.98 Å². The maximum Gasteiger partial charge on any atom is 0.372 e. The number of nitrogens with one attached hydrogen (secondary N) is 1. The van der Waals surface area contributed by atoms with Crippen LogP contribution in [0.2, 0.25) is 0 Å². The molecule has 0 saturated heterocycles. The summed E-state index contributed by atoms with van der Waals surface area (Å²) in [5.41, 5.74) is -0.199. The third kappa shape index (κ3) is 5.50. The molecule has 1 heterocycles. The molecular weight excluding hydrogens is 274 g/mol. The molecule has 1 aromatic heterocycles. The van der Waals surface area contributed by atoms with E-state index in [0.29, 0.717) is 19.0 Å². The lowest BCUT2D eigenvalue weighted by atomic mass is 10.3. The first kappa shape index (κ1) is 17.1. The van der Waals surface area contributed by atoms with Gasteiger partial charge < -0.3 is 15.0 Å². The molecule has 0 unspecified atom stereocenters. The third-order valence-corrected chi connectivity index (χ3v) is 2.73. The largest absolute Gasteiger partial charge is 0.473 e. The molecule has 1 rings (SSSR count). The van der Waals surface area contributed by atoms with Crippen LogP contribution < -0.4 is 10.1 Å². The Kier molecular flexibility index (Phi) is 6.80. The zero-order chi connectivity index (χ0) is 15.8. The molecule has 21 heavy (non-hydrogen) atoms.